The smallest absolute Gasteiger partial charge is 0.410 e. The molecule has 0 aromatic rings. The minimum Gasteiger partial charge on any atom is -0.444 e. The maximum Gasteiger partial charge on any atom is 0.410 e. The predicted molar refractivity (Wildman–Crippen MR) is 66.2 cm³/mol. The van der Waals surface area contributed by atoms with Crippen LogP contribution < -0.4 is 0 Å². The van der Waals surface area contributed by atoms with Gasteiger partial charge in [0.05, 0.1) is 5.41 Å². The zero-order valence-electron chi connectivity index (χ0n) is 11.8. The van der Waals surface area contributed by atoms with Gasteiger partial charge in [-0.3, -0.25) is 0 Å². The van der Waals surface area contributed by atoms with Crippen LogP contribution in [0.4, 0.5) is 13.6 Å². The van der Waals surface area contributed by atoms with Crippen molar-refractivity contribution in [1.29, 1.82) is 0 Å². The fourth-order valence-electron chi connectivity index (χ4n) is 2.08. The molecule has 0 unspecified atom stereocenters. The lowest BCUT2D eigenvalue weighted by Gasteiger charge is -2.41. The molecule has 0 atom stereocenters. The first kappa shape index (κ1) is 15.9. The van der Waals surface area contributed by atoms with Crippen LogP contribution in [0.2, 0.25) is 0 Å². The third kappa shape index (κ3) is 3.64. The number of halogens is 2. The van der Waals surface area contributed by atoms with Crippen molar-refractivity contribution in [2.45, 2.75) is 52.1 Å². The van der Waals surface area contributed by atoms with Gasteiger partial charge in [0.2, 0.25) is 0 Å². The number of piperidine rings is 1. The molecule has 0 aromatic carbocycles. The summed E-state index contributed by atoms with van der Waals surface area (Å²) in [6, 6.07) is 0. The fraction of sp³-hybridized carbons (Fsp3) is 0.846. The summed E-state index contributed by atoms with van der Waals surface area (Å²) in [5.41, 5.74) is -2.28. The molecule has 1 heterocycles. The molecule has 4 nitrogen and oxygen atoms in total. The van der Waals surface area contributed by atoms with Crippen molar-refractivity contribution in [3.05, 3.63) is 0 Å². The van der Waals surface area contributed by atoms with E-state index < -0.39 is 23.0 Å². The second-order valence-electron chi connectivity index (χ2n) is 6.13. The van der Waals surface area contributed by atoms with E-state index in [1.165, 1.54) is 4.90 Å². The lowest BCUT2D eigenvalue weighted by atomic mass is 9.75. The van der Waals surface area contributed by atoms with Gasteiger partial charge in [0.15, 0.2) is 0 Å². The molecule has 19 heavy (non-hydrogen) atoms. The first-order valence-electron chi connectivity index (χ1n) is 6.33. The zero-order chi connectivity index (χ0) is 14.9. The van der Waals surface area contributed by atoms with Crippen LogP contribution in [0.3, 0.4) is 0 Å². The number of ether oxygens (including phenoxy) is 1. The third-order valence-corrected chi connectivity index (χ3v) is 3.41. The molecule has 0 radical (unpaired) electrons. The van der Waals surface area contributed by atoms with Crippen LogP contribution in [0, 0.1) is 5.41 Å². The van der Waals surface area contributed by atoms with Crippen LogP contribution in [-0.2, 0) is 9.53 Å². The lowest BCUT2D eigenvalue weighted by molar-refractivity contribution is -0.152. The van der Waals surface area contributed by atoms with Gasteiger partial charge in [0.1, 0.15) is 11.9 Å². The summed E-state index contributed by atoms with van der Waals surface area (Å²) in [5, 5.41) is 0. The van der Waals surface area contributed by atoms with Crippen molar-refractivity contribution in [3.63, 3.8) is 0 Å². The monoisotopic (exact) mass is 277 g/mol. The second kappa shape index (κ2) is 5.06. The first-order chi connectivity index (χ1) is 8.51. The van der Waals surface area contributed by atoms with Crippen LogP contribution in [0.5, 0.6) is 0 Å². The molecule has 1 rings (SSSR count). The summed E-state index contributed by atoms with van der Waals surface area (Å²) in [6.45, 7) is 6.19. The fourth-order valence-corrected chi connectivity index (χ4v) is 2.08. The van der Waals surface area contributed by atoms with Crippen LogP contribution >= 0.6 is 0 Å². The summed E-state index contributed by atoms with van der Waals surface area (Å²) in [4.78, 5) is 24.2. The molecular formula is C13H21F2NO3. The summed E-state index contributed by atoms with van der Waals surface area (Å²) in [5.74, 6) is -3.07. The highest BCUT2D eigenvalue weighted by molar-refractivity contribution is 5.69. The molecule has 0 aromatic heterocycles. The quantitative estimate of drug-likeness (QED) is 0.729. The number of rotatable bonds is 2. The van der Waals surface area contributed by atoms with Crippen molar-refractivity contribution in [1.82, 2.24) is 4.90 Å². The molecule has 6 heteroatoms. The minimum absolute atomic E-state index is 0.0424. The van der Waals surface area contributed by atoms with Crippen molar-refractivity contribution in [2.75, 3.05) is 13.1 Å². The van der Waals surface area contributed by atoms with Crippen molar-refractivity contribution in [2.24, 2.45) is 5.41 Å². The molecule has 0 saturated carbocycles. The van der Waals surface area contributed by atoms with Gasteiger partial charge in [-0.2, -0.15) is 0 Å². The summed E-state index contributed by atoms with van der Waals surface area (Å²) in [7, 11) is 0. The normalized spacial score (nSPS) is 20.0. The van der Waals surface area contributed by atoms with Crippen LogP contribution in [-0.4, -0.2) is 41.9 Å². The minimum atomic E-state index is -3.07. The molecule has 1 fully saturated rings. The van der Waals surface area contributed by atoms with Crippen LogP contribution in [0.1, 0.15) is 40.5 Å². The maximum absolute atomic E-state index is 13.5. The molecule has 110 valence electrons. The molecule has 1 saturated heterocycles. The summed E-state index contributed by atoms with van der Waals surface area (Å²) in [6.07, 6.45) is -0.274. The highest BCUT2D eigenvalue weighted by Crippen LogP contribution is 2.43. The van der Waals surface area contributed by atoms with E-state index in [1.54, 1.807) is 20.8 Å². The molecule has 1 aliphatic heterocycles. The Kier molecular flexibility index (Phi) is 4.22. The standard InChI is InChI=1S/C13H21F2NO3/c1-11(2,3)19-10(18)16-7-5-13(9-17,6-8-16)12(4,14)15/h9H,5-8H2,1-4H3. The molecule has 0 bridgehead atoms. The van der Waals surface area contributed by atoms with E-state index in [0.717, 1.165) is 6.92 Å². The van der Waals surface area contributed by atoms with E-state index in [-0.39, 0.29) is 25.9 Å². The Balaban J connectivity index is 2.67. The highest BCUT2D eigenvalue weighted by Gasteiger charge is 2.52. The second-order valence-corrected chi connectivity index (χ2v) is 6.13. The Morgan fingerprint density at radius 3 is 2.00 bits per heavy atom. The van der Waals surface area contributed by atoms with Gasteiger partial charge < -0.3 is 14.4 Å². The van der Waals surface area contributed by atoms with Crippen molar-refractivity contribution in [3.8, 4) is 0 Å². The molecule has 1 aliphatic rings. The number of alkyl halides is 2. The first-order valence-corrected chi connectivity index (χ1v) is 6.33. The maximum atomic E-state index is 13.5. The SMILES string of the molecule is CC(C)(C)OC(=O)N1CCC(C=O)(C(C)(F)F)CC1. The summed E-state index contributed by atoms with van der Waals surface area (Å²) < 4.78 is 32.2. The van der Waals surface area contributed by atoms with Gasteiger partial charge in [0, 0.05) is 20.0 Å². The number of hydrogen-bond acceptors (Lipinski definition) is 3. The number of aldehydes is 1. The average Bonchev–Trinajstić information content (AvgIpc) is 2.25. The van der Waals surface area contributed by atoms with Crippen LogP contribution in [0.15, 0.2) is 0 Å². The predicted octanol–water partition coefficient (Wildman–Crippen LogP) is 2.86. The van der Waals surface area contributed by atoms with Gasteiger partial charge >= 0.3 is 6.09 Å². The summed E-state index contributed by atoms with van der Waals surface area (Å²) >= 11 is 0. The van der Waals surface area contributed by atoms with Crippen LogP contribution in [0.25, 0.3) is 0 Å². The third-order valence-electron chi connectivity index (χ3n) is 3.41. The number of hydrogen-bond donors (Lipinski definition) is 0. The number of nitrogens with zero attached hydrogens (tertiary/aromatic N) is 1. The van der Waals surface area contributed by atoms with Crippen molar-refractivity contribution >= 4 is 12.4 Å². The van der Waals surface area contributed by atoms with Crippen molar-refractivity contribution < 1.29 is 23.1 Å². The van der Waals surface area contributed by atoms with Gasteiger partial charge in [-0.15, -0.1) is 0 Å². The molecule has 1 amide bonds. The molecular weight excluding hydrogens is 256 g/mol. The topological polar surface area (TPSA) is 46.6 Å². The molecule has 0 N–H and O–H groups in total. The van der Waals surface area contributed by atoms with E-state index in [2.05, 4.69) is 0 Å². The van der Waals surface area contributed by atoms with E-state index in [1.807, 2.05) is 0 Å². The van der Waals surface area contributed by atoms with Gasteiger partial charge in [-0.1, -0.05) is 0 Å². The van der Waals surface area contributed by atoms with E-state index in [0.29, 0.717) is 6.29 Å². The zero-order valence-corrected chi connectivity index (χ0v) is 11.8. The van der Waals surface area contributed by atoms with Gasteiger partial charge in [-0.05, 0) is 33.6 Å². The number of amides is 1. The van der Waals surface area contributed by atoms with E-state index >= 15 is 0 Å². The Morgan fingerprint density at radius 2 is 1.68 bits per heavy atom. The number of carbonyl (C=O) groups is 2. The van der Waals surface area contributed by atoms with E-state index in [4.69, 9.17) is 4.74 Å². The Bertz CT molecular complexity index is 350. The Morgan fingerprint density at radius 1 is 1.21 bits per heavy atom. The van der Waals surface area contributed by atoms with E-state index in [9.17, 15) is 18.4 Å². The molecule has 0 aliphatic carbocycles. The van der Waals surface area contributed by atoms with Gasteiger partial charge in [-0.25, -0.2) is 13.6 Å². The number of carbonyl (C=O) groups excluding carboxylic acids is 2. The number of likely N-dealkylation sites (tertiary alicyclic amines) is 1. The van der Waals surface area contributed by atoms with Gasteiger partial charge in [0.25, 0.3) is 5.92 Å². The highest BCUT2D eigenvalue weighted by atomic mass is 19.3. The average molecular weight is 277 g/mol. The Hall–Kier alpha value is -1.20. The lowest BCUT2D eigenvalue weighted by Crippen LogP contribution is -2.51. The largest absolute Gasteiger partial charge is 0.444 e. The molecule has 0 spiro atoms. The Labute approximate surface area is 112 Å².